The number of esters is 2. The fourth-order valence-corrected chi connectivity index (χ4v) is 3.47. The van der Waals surface area contributed by atoms with Gasteiger partial charge in [-0.25, -0.2) is 14.4 Å². The van der Waals surface area contributed by atoms with Gasteiger partial charge in [0.2, 0.25) is 0 Å². The maximum Gasteiger partial charge on any atom is 0.338 e. The largest absolute Gasteiger partial charge is 0.486 e. The van der Waals surface area contributed by atoms with Crippen LogP contribution in [0.3, 0.4) is 0 Å². The molecule has 2 aromatic rings. The molecule has 1 unspecified atom stereocenters. The summed E-state index contributed by atoms with van der Waals surface area (Å²) in [5, 5.41) is 5.29. The molecule has 0 aliphatic carbocycles. The summed E-state index contributed by atoms with van der Waals surface area (Å²) < 4.78 is 21.5. The number of nitrogens with one attached hydrogen (secondary N) is 2. The van der Waals surface area contributed by atoms with Crippen molar-refractivity contribution in [1.29, 1.82) is 0 Å². The van der Waals surface area contributed by atoms with Gasteiger partial charge in [-0.1, -0.05) is 30.3 Å². The Bertz CT molecular complexity index is 1070. The Labute approximate surface area is 184 Å². The second kappa shape index (κ2) is 9.42. The molecule has 0 fully saturated rings. The van der Waals surface area contributed by atoms with Crippen molar-refractivity contribution in [1.82, 2.24) is 10.6 Å². The molecule has 32 heavy (non-hydrogen) atoms. The van der Waals surface area contributed by atoms with E-state index in [9.17, 15) is 14.4 Å². The maximum absolute atomic E-state index is 12.7. The molecule has 2 aliphatic heterocycles. The Kier molecular flexibility index (Phi) is 6.25. The summed E-state index contributed by atoms with van der Waals surface area (Å²) in [5.41, 5.74) is 1.29. The SMILES string of the molecule is CCOC(=O)C1=C(COC(=O)c2ccc3c(c2)OCCO3)NC(=O)NC1c1ccccc1. The number of urea groups is 1. The van der Waals surface area contributed by atoms with Crippen LogP contribution in [-0.2, 0) is 14.3 Å². The van der Waals surface area contributed by atoms with E-state index in [1.807, 2.05) is 6.07 Å². The Morgan fingerprint density at radius 2 is 1.75 bits per heavy atom. The summed E-state index contributed by atoms with van der Waals surface area (Å²) in [6, 6.07) is 12.5. The summed E-state index contributed by atoms with van der Waals surface area (Å²) in [5.74, 6) is -0.242. The summed E-state index contributed by atoms with van der Waals surface area (Å²) in [7, 11) is 0. The normalized spacial score (nSPS) is 17.2. The molecule has 2 amide bonds. The molecule has 0 radical (unpaired) electrons. The van der Waals surface area contributed by atoms with Crippen LogP contribution in [0.1, 0.15) is 28.9 Å². The third-order valence-electron chi connectivity index (χ3n) is 4.91. The lowest BCUT2D eigenvalue weighted by atomic mass is 9.95. The second-order valence-electron chi connectivity index (χ2n) is 6.99. The minimum Gasteiger partial charge on any atom is -0.486 e. The predicted molar refractivity (Wildman–Crippen MR) is 112 cm³/mol. The highest BCUT2D eigenvalue weighted by Gasteiger charge is 2.34. The fraction of sp³-hybridized carbons (Fsp3) is 0.261. The number of carbonyl (C=O) groups excluding carboxylic acids is 3. The standard InChI is InChI=1S/C23H22N2O7/c1-2-29-22(27)19-16(24-23(28)25-20(19)14-6-4-3-5-7-14)13-32-21(26)15-8-9-17-18(12-15)31-11-10-30-17/h3-9,12,20H,2,10-11,13H2,1H3,(H2,24,25,28). The van der Waals surface area contributed by atoms with Gasteiger partial charge in [-0.3, -0.25) is 0 Å². The van der Waals surface area contributed by atoms with Crippen LogP contribution in [0.25, 0.3) is 0 Å². The van der Waals surface area contributed by atoms with Crippen molar-refractivity contribution in [3.05, 3.63) is 70.9 Å². The van der Waals surface area contributed by atoms with Gasteiger partial charge in [0, 0.05) is 0 Å². The molecule has 0 aromatic heterocycles. The van der Waals surface area contributed by atoms with Gasteiger partial charge in [0.25, 0.3) is 0 Å². The zero-order valence-electron chi connectivity index (χ0n) is 17.4. The molecule has 9 heteroatoms. The van der Waals surface area contributed by atoms with E-state index >= 15 is 0 Å². The molecule has 1 atom stereocenters. The summed E-state index contributed by atoms with van der Waals surface area (Å²) in [6.07, 6.45) is 0. The maximum atomic E-state index is 12.7. The van der Waals surface area contributed by atoms with Crippen molar-refractivity contribution in [2.75, 3.05) is 26.4 Å². The van der Waals surface area contributed by atoms with Crippen LogP contribution in [0, 0.1) is 0 Å². The first-order valence-corrected chi connectivity index (χ1v) is 10.2. The number of carbonyl (C=O) groups is 3. The van der Waals surface area contributed by atoms with E-state index in [0.717, 1.165) is 0 Å². The molecule has 2 heterocycles. The highest BCUT2D eigenvalue weighted by atomic mass is 16.6. The van der Waals surface area contributed by atoms with E-state index in [2.05, 4.69) is 10.6 Å². The first-order chi connectivity index (χ1) is 15.6. The minimum absolute atomic E-state index is 0.155. The van der Waals surface area contributed by atoms with Crippen molar-refractivity contribution in [3.63, 3.8) is 0 Å². The van der Waals surface area contributed by atoms with Crippen LogP contribution in [0.5, 0.6) is 11.5 Å². The Morgan fingerprint density at radius 1 is 1.00 bits per heavy atom. The highest BCUT2D eigenvalue weighted by molar-refractivity contribution is 5.95. The van der Waals surface area contributed by atoms with Crippen molar-refractivity contribution < 1.29 is 33.3 Å². The van der Waals surface area contributed by atoms with E-state index in [1.54, 1.807) is 43.3 Å². The number of fused-ring (bicyclic) bond motifs is 1. The van der Waals surface area contributed by atoms with Gasteiger partial charge in [0.15, 0.2) is 11.5 Å². The first-order valence-electron chi connectivity index (χ1n) is 10.2. The molecule has 9 nitrogen and oxygen atoms in total. The summed E-state index contributed by atoms with van der Waals surface area (Å²) >= 11 is 0. The Morgan fingerprint density at radius 3 is 2.50 bits per heavy atom. The molecule has 166 valence electrons. The van der Waals surface area contributed by atoms with Crippen LogP contribution in [0.2, 0.25) is 0 Å². The summed E-state index contributed by atoms with van der Waals surface area (Å²) in [6.45, 7) is 2.35. The van der Waals surface area contributed by atoms with Crippen LogP contribution < -0.4 is 20.1 Å². The van der Waals surface area contributed by atoms with Gasteiger partial charge >= 0.3 is 18.0 Å². The van der Waals surface area contributed by atoms with Gasteiger partial charge in [0.1, 0.15) is 19.8 Å². The third-order valence-corrected chi connectivity index (χ3v) is 4.91. The monoisotopic (exact) mass is 438 g/mol. The lowest BCUT2D eigenvalue weighted by Gasteiger charge is -2.29. The molecule has 0 bridgehead atoms. The second-order valence-corrected chi connectivity index (χ2v) is 6.99. The smallest absolute Gasteiger partial charge is 0.338 e. The van der Waals surface area contributed by atoms with Crippen molar-refractivity contribution in [2.45, 2.75) is 13.0 Å². The number of benzene rings is 2. The molecule has 2 aliphatic rings. The Hall–Kier alpha value is -4.01. The van der Waals surface area contributed by atoms with Crippen LogP contribution in [-0.4, -0.2) is 44.4 Å². The van der Waals surface area contributed by atoms with Crippen LogP contribution in [0.15, 0.2) is 59.8 Å². The van der Waals surface area contributed by atoms with Gasteiger partial charge in [0.05, 0.1) is 29.5 Å². The lowest BCUT2D eigenvalue weighted by molar-refractivity contribution is -0.139. The molecule has 0 saturated carbocycles. The zero-order valence-corrected chi connectivity index (χ0v) is 17.4. The predicted octanol–water partition coefficient (Wildman–Crippen LogP) is 2.49. The quantitative estimate of drug-likeness (QED) is 0.667. The van der Waals surface area contributed by atoms with Gasteiger partial charge in [-0.15, -0.1) is 0 Å². The molecule has 0 spiro atoms. The number of amides is 2. The molecule has 0 saturated heterocycles. The number of ether oxygens (including phenoxy) is 4. The van der Waals surface area contributed by atoms with Crippen molar-refractivity contribution in [2.24, 2.45) is 0 Å². The molecular formula is C23H22N2O7. The van der Waals surface area contributed by atoms with Gasteiger partial charge in [-0.2, -0.15) is 0 Å². The van der Waals surface area contributed by atoms with E-state index in [-0.39, 0.29) is 30.0 Å². The molecule has 2 aromatic carbocycles. The zero-order chi connectivity index (χ0) is 22.5. The number of rotatable bonds is 6. The third kappa shape index (κ3) is 4.51. The van der Waals surface area contributed by atoms with E-state index < -0.39 is 24.0 Å². The topological polar surface area (TPSA) is 112 Å². The first kappa shape index (κ1) is 21.2. The molecular weight excluding hydrogens is 416 g/mol. The fourth-order valence-electron chi connectivity index (χ4n) is 3.47. The van der Waals surface area contributed by atoms with Gasteiger partial charge < -0.3 is 29.6 Å². The average Bonchev–Trinajstić information content (AvgIpc) is 2.82. The average molecular weight is 438 g/mol. The molecule has 2 N–H and O–H groups in total. The lowest BCUT2D eigenvalue weighted by Crippen LogP contribution is -2.47. The highest BCUT2D eigenvalue weighted by Crippen LogP contribution is 2.31. The van der Waals surface area contributed by atoms with E-state index in [0.29, 0.717) is 30.3 Å². The van der Waals surface area contributed by atoms with Crippen molar-refractivity contribution in [3.8, 4) is 11.5 Å². The molecule has 4 rings (SSSR count). The number of hydrogen-bond donors (Lipinski definition) is 2. The van der Waals surface area contributed by atoms with E-state index in [4.69, 9.17) is 18.9 Å². The minimum atomic E-state index is -0.744. The van der Waals surface area contributed by atoms with E-state index in [1.165, 1.54) is 6.07 Å². The summed E-state index contributed by atoms with van der Waals surface area (Å²) in [4.78, 5) is 37.6. The number of hydrogen-bond acceptors (Lipinski definition) is 7. The van der Waals surface area contributed by atoms with Crippen LogP contribution in [0.4, 0.5) is 4.79 Å². The van der Waals surface area contributed by atoms with Crippen LogP contribution >= 0.6 is 0 Å². The van der Waals surface area contributed by atoms with Crippen molar-refractivity contribution >= 4 is 18.0 Å². The Balaban J connectivity index is 1.59. The van der Waals surface area contributed by atoms with Gasteiger partial charge in [-0.05, 0) is 30.7 Å².